The standard InChI is InChI=1S/C27H19BrClN5/c1-16-9-11-19(31-14-16)24-23(20-8-5-6-17(2)33-20)25(28)27(21-7-3-4-13-30-21)34-26(24)22-12-10-18(29)15-32-22/h3-15H,1-2H3. The van der Waals surface area contributed by atoms with Crippen LogP contribution in [0.1, 0.15) is 11.3 Å². The van der Waals surface area contributed by atoms with Crippen LogP contribution in [-0.4, -0.2) is 24.9 Å². The summed E-state index contributed by atoms with van der Waals surface area (Å²) in [6.45, 7) is 3.99. The van der Waals surface area contributed by atoms with E-state index in [1.807, 2.05) is 80.7 Å². The van der Waals surface area contributed by atoms with E-state index < -0.39 is 0 Å². The molecule has 0 atom stereocenters. The molecule has 0 aliphatic rings. The van der Waals surface area contributed by atoms with Crippen molar-refractivity contribution in [1.29, 1.82) is 0 Å². The lowest BCUT2D eigenvalue weighted by Gasteiger charge is -2.19. The number of nitrogens with zero attached hydrogens (tertiary/aromatic N) is 5. The van der Waals surface area contributed by atoms with Crippen molar-refractivity contribution < 1.29 is 0 Å². The fraction of sp³-hybridized carbons (Fsp3) is 0.0741. The Bertz CT molecular complexity index is 1470. The highest BCUT2D eigenvalue weighted by Gasteiger charge is 2.25. The van der Waals surface area contributed by atoms with Crippen LogP contribution in [0.4, 0.5) is 0 Å². The van der Waals surface area contributed by atoms with Gasteiger partial charge in [0, 0.05) is 35.4 Å². The molecule has 0 unspecified atom stereocenters. The predicted octanol–water partition coefficient (Wildman–Crippen LogP) is 7.36. The first-order valence-corrected chi connectivity index (χ1v) is 11.8. The molecule has 0 amide bonds. The molecule has 166 valence electrons. The van der Waals surface area contributed by atoms with Crippen LogP contribution in [0.2, 0.25) is 5.02 Å². The minimum atomic E-state index is 0.557. The van der Waals surface area contributed by atoms with E-state index in [9.17, 15) is 0 Å². The molecule has 0 radical (unpaired) electrons. The first-order valence-electron chi connectivity index (χ1n) is 10.6. The van der Waals surface area contributed by atoms with Crippen molar-refractivity contribution in [3.05, 3.63) is 100 Å². The van der Waals surface area contributed by atoms with Gasteiger partial charge in [-0.2, -0.15) is 0 Å². The molecule has 5 heterocycles. The molecule has 0 N–H and O–H groups in total. The largest absolute Gasteiger partial charge is 0.256 e. The average Bonchev–Trinajstić information content (AvgIpc) is 2.85. The third-order valence-corrected chi connectivity index (χ3v) is 6.32. The maximum absolute atomic E-state index is 6.15. The van der Waals surface area contributed by atoms with Crippen LogP contribution in [0.3, 0.4) is 0 Å². The van der Waals surface area contributed by atoms with E-state index in [-0.39, 0.29) is 0 Å². The van der Waals surface area contributed by atoms with Gasteiger partial charge in [0.1, 0.15) is 5.69 Å². The molecule has 5 nitrogen and oxygen atoms in total. The Morgan fingerprint density at radius 1 is 0.647 bits per heavy atom. The van der Waals surface area contributed by atoms with Gasteiger partial charge in [0.25, 0.3) is 0 Å². The molecule has 5 rings (SSSR count). The molecular formula is C27H19BrClN5. The zero-order valence-electron chi connectivity index (χ0n) is 18.5. The summed E-state index contributed by atoms with van der Waals surface area (Å²) in [5.41, 5.74) is 8.06. The highest BCUT2D eigenvalue weighted by molar-refractivity contribution is 9.10. The molecule has 7 heteroatoms. The van der Waals surface area contributed by atoms with Crippen molar-refractivity contribution in [2.45, 2.75) is 13.8 Å². The summed E-state index contributed by atoms with van der Waals surface area (Å²) in [6.07, 6.45) is 5.23. The van der Waals surface area contributed by atoms with E-state index in [0.717, 1.165) is 43.9 Å². The van der Waals surface area contributed by atoms with Gasteiger partial charge in [0.05, 0.1) is 38.0 Å². The average molecular weight is 529 g/mol. The number of hydrogen-bond acceptors (Lipinski definition) is 5. The zero-order chi connectivity index (χ0) is 23.7. The van der Waals surface area contributed by atoms with Gasteiger partial charge in [0.15, 0.2) is 0 Å². The van der Waals surface area contributed by atoms with Gasteiger partial charge >= 0.3 is 0 Å². The van der Waals surface area contributed by atoms with E-state index in [2.05, 4.69) is 25.9 Å². The van der Waals surface area contributed by atoms with Crippen molar-refractivity contribution in [2.24, 2.45) is 0 Å². The quantitative estimate of drug-likeness (QED) is 0.244. The number of aryl methyl sites for hydroxylation is 2. The van der Waals surface area contributed by atoms with E-state index in [1.165, 1.54) is 0 Å². The summed E-state index contributed by atoms with van der Waals surface area (Å²) in [6, 6.07) is 19.4. The van der Waals surface area contributed by atoms with Crippen molar-refractivity contribution in [3.8, 4) is 45.3 Å². The molecule has 0 saturated carbocycles. The Morgan fingerprint density at radius 3 is 2.09 bits per heavy atom. The van der Waals surface area contributed by atoms with Gasteiger partial charge in [-0.15, -0.1) is 0 Å². The fourth-order valence-electron chi connectivity index (χ4n) is 3.72. The highest BCUT2D eigenvalue weighted by Crippen LogP contribution is 2.45. The van der Waals surface area contributed by atoms with Gasteiger partial charge in [-0.1, -0.05) is 29.8 Å². The number of aromatic nitrogens is 5. The smallest absolute Gasteiger partial charge is 0.104 e. The second-order valence-corrected chi connectivity index (χ2v) is 9.06. The Labute approximate surface area is 211 Å². The molecule has 0 fully saturated rings. The third-order valence-electron chi connectivity index (χ3n) is 5.33. The van der Waals surface area contributed by atoms with Crippen molar-refractivity contribution in [3.63, 3.8) is 0 Å². The maximum atomic E-state index is 6.15. The first-order chi connectivity index (χ1) is 16.5. The van der Waals surface area contributed by atoms with Crippen molar-refractivity contribution in [1.82, 2.24) is 24.9 Å². The van der Waals surface area contributed by atoms with Gasteiger partial charge in [-0.3, -0.25) is 19.9 Å². The molecule has 0 spiro atoms. The summed E-state index contributed by atoms with van der Waals surface area (Å²) in [7, 11) is 0. The summed E-state index contributed by atoms with van der Waals surface area (Å²) in [5, 5.41) is 0.557. The Morgan fingerprint density at radius 2 is 1.41 bits per heavy atom. The SMILES string of the molecule is Cc1ccc(-c2c(-c3ccc(Cl)cn3)nc(-c3ccccn3)c(Br)c2-c2cccc(C)n2)nc1. The third kappa shape index (κ3) is 4.34. The van der Waals surface area contributed by atoms with Crippen LogP contribution >= 0.6 is 27.5 Å². The van der Waals surface area contributed by atoms with E-state index in [0.29, 0.717) is 22.1 Å². The fourth-order valence-corrected chi connectivity index (χ4v) is 4.53. The van der Waals surface area contributed by atoms with Gasteiger partial charge < -0.3 is 0 Å². The monoisotopic (exact) mass is 527 g/mol. The number of hydrogen-bond donors (Lipinski definition) is 0. The van der Waals surface area contributed by atoms with Crippen LogP contribution in [-0.2, 0) is 0 Å². The predicted molar refractivity (Wildman–Crippen MR) is 139 cm³/mol. The molecule has 0 bridgehead atoms. The topological polar surface area (TPSA) is 64.5 Å². The Hall–Kier alpha value is -3.48. The number of rotatable bonds is 4. The molecular weight excluding hydrogens is 510 g/mol. The molecule has 5 aromatic heterocycles. The van der Waals surface area contributed by atoms with Crippen LogP contribution in [0, 0.1) is 13.8 Å². The molecule has 34 heavy (non-hydrogen) atoms. The minimum Gasteiger partial charge on any atom is -0.256 e. The van der Waals surface area contributed by atoms with E-state index >= 15 is 0 Å². The number of halogens is 2. The summed E-state index contributed by atoms with van der Waals surface area (Å²) in [5.74, 6) is 0. The van der Waals surface area contributed by atoms with E-state index in [4.69, 9.17) is 26.6 Å². The van der Waals surface area contributed by atoms with Crippen molar-refractivity contribution in [2.75, 3.05) is 0 Å². The molecule has 0 saturated heterocycles. The molecule has 0 aliphatic carbocycles. The van der Waals surface area contributed by atoms with Crippen LogP contribution in [0.5, 0.6) is 0 Å². The van der Waals surface area contributed by atoms with Crippen LogP contribution in [0.25, 0.3) is 45.3 Å². The maximum Gasteiger partial charge on any atom is 0.104 e. The molecule has 0 aliphatic heterocycles. The highest BCUT2D eigenvalue weighted by atomic mass is 79.9. The first kappa shape index (κ1) is 22.3. The lowest BCUT2D eigenvalue weighted by molar-refractivity contribution is 1.17. The second kappa shape index (κ2) is 9.41. The summed E-state index contributed by atoms with van der Waals surface area (Å²) in [4.78, 5) is 23.8. The summed E-state index contributed by atoms with van der Waals surface area (Å²) >= 11 is 10.00. The minimum absolute atomic E-state index is 0.557. The van der Waals surface area contributed by atoms with Crippen LogP contribution in [0.15, 0.2) is 83.7 Å². The Kier molecular flexibility index (Phi) is 6.18. The lowest BCUT2D eigenvalue weighted by atomic mass is 9.95. The molecule has 5 aromatic rings. The second-order valence-electron chi connectivity index (χ2n) is 7.83. The number of pyridine rings is 5. The van der Waals surface area contributed by atoms with Gasteiger partial charge in [0.2, 0.25) is 0 Å². The van der Waals surface area contributed by atoms with Crippen LogP contribution < -0.4 is 0 Å². The van der Waals surface area contributed by atoms with E-state index in [1.54, 1.807) is 12.4 Å². The Balaban J connectivity index is 1.93. The van der Waals surface area contributed by atoms with Gasteiger partial charge in [-0.05, 0) is 77.8 Å². The zero-order valence-corrected chi connectivity index (χ0v) is 20.8. The van der Waals surface area contributed by atoms with Gasteiger partial charge in [-0.25, -0.2) is 4.98 Å². The lowest BCUT2D eigenvalue weighted by Crippen LogP contribution is -2.02. The summed E-state index contributed by atoms with van der Waals surface area (Å²) < 4.78 is 0.791. The normalized spacial score (nSPS) is 10.9. The van der Waals surface area contributed by atoms with Crippen molar-refractivity contribution >= 4 is 27.5 Å². The molecule has 0 aromatic carbocycles.